The summed E-state index contributed by atoms with van der Waals surface area (Å²) in [5.74, 6) is 0.486. The highest BCUT2D eigenvalue weighted by Crippen LogP contribution is 2.36. The molecule has 0 aliphatic rings. The third-order valence-corrected chi connectivity index (χ3v) is 8.67. The van der Waals surface area contributed by atoms with Crippen LogP contribution in [0.5, 0.6) is 0 Å². The summed E-state index contributed by atoms with van der Waals surface area (Å²) in [6, 6.07) is 0. The van der Waals surface area contributed by atoms with E-state index in [-0.39, 0.29) is 0 Å². The maximum absolute atomic E-state index is 6.27. The Balaban J connectivity index is 4.28. The Labute approximate surface area is 128 Å². The summed E-state index contributed by atoms with van der Waals surface area (Å²) in [5.41, 5.74) is 1.35. The Hall–Kier alpha value is -0.343. The Morgan fingerprint density at radius 1 is 1.25 bits per heavy atom. The van der Waals surface area contributed by atoms with Gasteiger partial charge < -0.3 is 4.43 Å². The Bertz CT molecular complexity index is 321. The normalized spacial score (nSPS) is 15.9. The molecule has 0 unspecified atom stereocenters. The summed E-state index contributed by atoms with van der Waals surface area (Å²) in [5, 5.41) is 0.297. The van der Waals surface area contributed by atoms with Gasteiger partial charge in [-0.3, -0.25) is 0 Å². The van der Waals surface area contributed by atoms with E-state index in [4.69, 9.17) is 4.43 Å². The van der Waals surface area contributed by atoms with Crippen molar-refractivity contribution in [1.82, 2.24) is 0 Å². The highest BCUT2D eigenvalue weighted by Gasteiger charge is 2.37. The van der Waals surface area contributed by atoms with Gasteiger partial charge in [0, 0.05) is 6.61 Å². The Morgan fingerprint density at radius 2 is 1.85 bits per heavy atom. The molecule has 0 saturated heterocycles. The van der Waals surface area contributed by atoms with Gasteiger partial charge in [0.1, 0.15) is 0 Å². The highest BCUT2D eigenvalue weighted by atomic mass is 28.4. The highest BCUT2D eigenvalue weighted by molar-refractivity contribution is 6.74. The quantitative estimate of drug-likeness (QED) is 0.288. The predicted molar refractivity (Wildman–Crippen MR) is 94.7 cm³/mol. The average Bonchev–Trinajstić information content (AvgIpc) is 2.31. The first-order valence-electron chi connectivity index (χ1n) is 8.09. The molecule has 0 aliphatic carbocycles. The molecule has 0 saturated carbocycles. The van der Waals surface area contributed by atoms with Gasteiger partial charge in [-0.2, -0.15) is 0 Å². The van der Waals surface area contributed by atoms with Crippen molar-refractivity contribution in [2.75, 3.05) is 6.61 Å². The van der Waals surface area contributed by atoms with E-state index in [0.717, 1.165) is 6.61 Å². The summed E-state index contributed by atoms with van der Waals surface area (Å²) < 4.78 is 6.27. The maximum atomic E-state index is 6.27. The van der Waals surface area contributed by atoms with Gasteiger partial charge in [-0.05, 0) is 37.4 Å². The van der Waals surface area contributed by atoms with Crippen molar-refractivity contribution in [3.8, 4) is 0 Å². The minimum absolute atomic E-state index is 0.297. The fourth-order valence-corrected chi connectivity index (χ4v) is 2.81. The van der Waals surface area contributed by atoms with Crippen molar-refractivity contribution >= 4 is 8.32 Å². The molecular weight excluding hydrogens is 260 g/mol. The molecule has 118 valence electrons. The van der Waals surface area contributed by atoms with Crippen LogP contribution >= 0.6 is 0 Å². The first-order chi connectivity index (χ1) is 9.10. The molecule has 0 radical (unpaired) electrons. The van der Waals surface area contributed by atoms with Crippen molar-refractivity contribution in [1.29, 1.82) is 0 Å². The number of allylic oxidation sites excluding steroid dienone is 3. The minimum Gasteiger partial charge on any atom is -0.416 e. The molecule has 1 atom stereocenters. The summed E-state index contributed by atoms with van der Waals surface area (Å²) in [7, 11) is -1.60. The van der Waals surface area contributed by atoms with E-state index < -0.39 is 8.32 Å². The zero-order valence-corrected chi connectivity index (χ0v) is 16.0. The van der Waals surface area contributed by atoms with Gasteiger partial charge in [0.05, 0.1) is 0 Å². The topological polar surface area (TPSA) is 9.23 Å². The van der Waals surface area contributed by atoms with Crippen LogP contribution in [0.4, 0.5) is 0 Å². The average molecular weight is 297 g/mol. The van der Waals surface area contributed by atoms with Gasteiger partial charge in [0.2, 0.25) is 0 Å². The monoisotopic (exact) mass is 296 g/mol. The lowest BCUT2D eigenvalue weighted by Crippen LogP contribution is -2.41. The van der Waals surface area contributed by atoms with Crippen LogP contribution in [-0.4, -0.2) is 14.9 Å². The fraction of sp³-hybridized carbons (Fsp3) is 0.778. The van der Waals surface area contributed by atoms with Crippen LogP contribution in [0, 0.1) is 5.92 Å². The lowest BCUT2D eigenvalue weighted by atomic mass is 10.1. The van der Waals surface area contributed by atoms with Gasteiger partial charge >= 0.3 is 0 Å². The van der Waals surface area contributed by atoms with Gasteiger partial charge in [-0.15, -0.1) is 0 Å². The van der Waals surface area contributed by atoms with Crippen molar-refractivity contribution in [2.24, 2.45) is 5.92 Å². The van der Waals surface area contributed by atoms with E-state index in [9.17, 15) is 0 Å². The number of rotatable bonds is 8. The van der Waals surface area contributed by atoms with E-state index in [1.54, 1.807) is 0 Å². The van der Waals surface area contributed by atoms with Crippen molar-refractivity contribution < 1.29 is 4.43 Å². The lowest BCUT2D eigenvalue weighted by molar-refractivity contribution is 0.259. The molecule has 0 aliphatic heterocycles. The van der Waals surface area contributed by atoms with E-state index in [0.29, 0.717) is 11.0 Å². The third-order valence-electron chi connectivity index (χ3n) is 4.17. The number of unbranched alkanes of at least 4 members (excludes halogenated alkanes) is 2. The molecule has 0 spiro atoms. The lowest BCUT2D eigenvalue weighted by Gasteiger charge is -2.36. The molecule has 0 amide bonds. The van der Waals surface area contributed by atoms with Crippen molar-refractivity contribution in [3.05, 3.63) is 23.8 Å². The van der Waals surface area contributed by atoms with Crippen LogP contribution in [0.2, 0.25) is 18.1 Å². The van der Waals surface area contributed by atoms with Crippen LogP contribution in [0.1, 0.15) is 60.8 Å². The largest absolute Gasteiger partial charge is 0.416 e. The molecule has 2 heteroatoms. The second-order valence-electron chi connectivity index (χ2n) is 7.50. The van der Waals surface area contributed by atoms with Gasteiger partial charge in [0.15, 0.2) is 8.32 Å². The van der Waals surface area contributed by atoms with E-state index in [2.05, 4.69) is 72.9 Å². The zero-order valence-electron chi connectivity index (χ0n) is 15.0. The Kier molecular flexibility index (Phi) is 8.68. The molecule has 0 aromatic rings. The summed E-state index contributed by atoms with van der Waals surface area (Å²) in [6.45, 7) is 19.0. The molecule has 0 heterocycles. The number of hydrogen-bond acceptors (Lipinski definition) is 1. The number of hydrogen-bond donors (Lipinski definition) is 0. The van der Waals surface area contributed by atoms with Gasteiger partial charge in [-0.1, -0.05) is 71.3 Å². The third kappa shape index (κ3) is 8.06. The molecule has 1 nitrogen and oxygen atoms in total. The predicted octanol–water partition coefficient (Wildman–Crippen LogP) is 6.34. The second kappa shape index (κ2) is 8.84. The van der Waals surface area contributed by atoms with Crippen molar-refractivity contribution in [3.63, 3.8) is 0 Å². The first kappa shape index (κ1) is 19.7. The minimum atomic E-state index is -1.60. The summed E-state index contributed by atoms with van der Waals surface area (Å²) >= 11 is 0. The van der Waals surface area contributed by atoms with E-state index in [1.165, 1.54) is 24.8 Å². The first-order valence-corrected chi connectivity index (χ1v) is 11.0. The summed E-state index contributed by atoms with van der Waals surface area (Å²) in [4.78, 5) is 0. The molecule has 0 N–H and O–H groups in total. The zero-order chi connectivity index (χ0) is 15.8. The van der Waals surface area contributed by atoms with Crippen LogP contribution in [-0.2, 0) is 4.43 Å². The van der Waals surface area contributed by atoms with Gasteiger partial charge in [-0.25, -0.2) is 0 Å². The fourth-order valence-electron chi connectivity index (χ4n) is 1.70. The molecule has 0 fully saturated rings. The van der Waals surface area contributed by atoms with Crippen LogP contribution in [0.3, 0.4) is 0 Å². The van der Waals surface area contributed by atoms with Crippen LogP contribution in [0.25, 0.3) is 0 Å². The summed E-state index contributed by atoms with van der Waals surface area (Å²) in [6.07, 6.45) is 10.6. The SMILES string of the molecule is CCCC/C=C\C(C)=C/[C@@H](C)CO[Si](C)(C)C(C)(C)C. The smallest absolute Gasteiger partial charge is 0.192 e. The van der Waals surface area contributed by atoms with Gasteiger partial charge in [0.25, 0.3) is 0 Å². The van der Waals surface area contributed by atoms with Crippen molar-refractivity contribution in [2.45, 2.75) is 78.9 Å². The second-order valence-corrected chi connectivity index (χ2v) is 12.3. The maximum Gasteiger partial charge on any atom is 0.192 e. The molecular formula is C18H36OSi. The van der Waals surface area contributed by atoms with Crippen LogP contribution in [0.15, 0.2) is 23.8 Å². The van der Waals surface area contributed by atoms with E-state index >= 15 is 0 Å². The standard InChI is InChI=1S/C18H36OSi/c1-9-10-11-12-13-16(2)14-17(3)15-19-20(7,8)18(4,5)6/h12-14,17H,9-11,15H2,1-8H3/b13-12-,16-14-/t17-/m1/s1. The van der Waals surface area contributed by atoms with Crippen LogP contribution < -0.4 is 0 Å². The van der Waals surface area contributed by atoms with E-state index in [1.807, 2.05) is 0 Å². The molecule has 0 aromatic carbocycles. The Morgan fingerprint density at radius 3 is 2.35 bits per heavy atom. The molecule has 0 bridgehead atoms. The molecule has 0 rings (SSSR count). The molecule has 20 heavy (non-hydrogen) atoms. The molecule has 0 aromatic heterocycles.